The molecule has 0 heterocycles. The summed E-state index contributed by atoms with van der Waals surface area (Å²) in [5.74, 6) is 0.785. The van der Waals surface area contributed by atoms with E-state index >= 15 is 0 Å². The van der Waals surface area contributed by atoms with Crippen molar-refractivity contribution in [2.24, 2.45) is 0 Å². The average Bonchev–Trinajstić information content (AvgIpc) is 2.80. The highest BCUT2D eigenvalue weighted by Gasteiger charge is 2.12. The third-order valence-corrected chi connectivity index (χ3v) is 5.82. The molecule has 6 nitrogen and oxygen atoms in total. The number of halogens is 1. The molecule has 0 unspecified atom stereocenters. The number of benzene rings is 2. The van der Waals surface area contributed by atoms with Crippen LogP contribution in [0.5, 0.6) is 5.75 Å². The maximum Gasteiger partial charge on any atom is 0.173 e. The lowest BCUT2D eigenvalue weighted by Crippen LogP contribution is -2.45. The second-order valence-electron chi connectivity index (χ2n) is 7.06. The largest absolute Gasteiger partial charge is 0.497 e. The monoisotopic (exact) mass is 493 g/mol. The molecule has 32 heavy (non-hydrogen) atoms. The Morgan fingerprint density at radius 1 is 0.938 bits per heavy atom. The summed E-state index contributed by atoms with van der Waals surface area (Å²) in [4.78, 5) is 4.53. The first kappa shape index (κ1) is 26.1. The Kier molecular flexibility index (Phi) is 11.5. The molecule has 0 spiro atoms. The minimum absolute atomic E-state index is 0.558. The number of ether oxygens (including phenoxy) is 1. The van der Waals surface area contributed by atoms with Crippen molar-refractivity contribution in [3.8, 4) is 5.75 Å². The first-order valence-corrected chi connectivity index (χ1v) is 11.9. The smallest absolute Gasteiger partial charge is 0.173 e. The van der Waals surface area contributed by atoms with Crippen molar-refractivity contribution in [1.82, 2.24) is 15.1 Å². The third-order valence-electron chi connectivity index (χ3n) is 4.96. The van der Waals surface area contributed by atoms with Gasteiger partial charge in [-0.15, -0.1) is 0 Å². The summed E-state index contributed by atoms with van der Waals surface area (Å²) >= 11 is 17.1. The van der Waals surface area contributed by atoms with Crippen LogP contribution >= 0.6 is 36.0 Å². The van der Waals surface area contributed by atoms with E-state index in [9.17, 15) is 0 Å². The Balaban J connectivity index is 1.93. The molecule has 9 heteroatoms. The molecule has 0 aliphatic rings. The molecular weight excluding hydrogens is 462 g/mol. The average molecular weight is 494 g/mol. The van der Waals surface area contributed by atoms with Crippen molar-refractivity contribution in [2.75, 3.05) is 57.0 Å². The van der Waals surface area contributed by atoms with E-state index in [4.69, 9.17) is 40.8 Å². The summed E-state index contributed by atoms with van der Waals surface area (Å²) in [5, 5.41) is 11.7. The molecule has 0 bridgehead atoms. The van der Waals surface area contributed by atoms with Gasteiger partial charge < -0.3 is 30.5 Å². The van der Waals surface area contributed by atoms with Crippen molar-refractivity contribution in [2.45, 2.75) is 13.8 Å². The van der Waals surface area contributed by atoms with Crippen LogP contribution in [0.1, 0.15) is 13.8 Å². The van der Waals surface area contributed by atoms with Crippen molar-refractivity contribution < 1.29 is 4.74 Å². The van der Waals surface area contributed by atoms with Crippen molar-refractivity contribution in [3.05, 3.63) is 53.6 Å². The molecule has 0 aromatic heterocycles. The van der Waals surface area contributed by atoms with Crippen LogP contribution in [0.15, 0.2) is 48.5 Å². The number of hydrogen-bond acceptors (Lipinski definition) is 4. The molecule has 0 fully saturated rings. The lowest BCUT2D eigenvalue weighted by atomic mass is 10.3. The van der Waals surface area contributed by atoms with Crippen LogP contribution in [0.4, 0.5) is 11.4 Å². The number of rotatable bonds is 11. The lowest BCUT2D eigenvalue weighted by molar-refractivity contribution is 0.269. The van der Waals surface area contributed by atoms with Crippen LogP contribution in [-0.2, 0) is 0 Å². The Morgan fingerprint density at radius 2 is 1.66 bits per heavy atom. The Morgan fingerprint density at radius 3 is 2.31 bits per heavy atom. The van der Waals surface area contributed by atoms with Gasteiger partial charge in [0, 0.05) is 48.6 Å². The topological polar surface area (TPSA) is 51.8 Å². The van der Waals surface area contributed by atoms with E-state index in [2.05, 4.69) is 39.6 Å². The van der Waals surface area contributed by atoms with Gasteiger partial charge in [0.25, 0.3) is 0 Å². The number of nitrogens with one attached hydrogen (secondary N) is 3. The normalized spacial score (nSPS) is 10.5. The van der Waals surface area contributed by atoms with Crippen LogP contribution < -0.4 is 20.7 Å². The van der Waals surface area contributed by atoms with Gasteiger partial charge in [-0.25, -0.2) is 0 Å². The molecule has 0 aliphatic carbocycles. The standard InChI is InChI=1S/C23H32ClN5OS2/c1-4-28(5-2)15-16-29(23(32)27-20-7-6-8-21(17-20)30-3)14-13-25-22(31)26-19-11-9-18(24)10-12-19/h6-12,17H,4-5,13-16H2,1-3H3,(H,27,32)(H2,25,26,31). The molecule has 0 atom stereocenters. The van der Waals surface area contributed by atoms with Crippen molar-refractivity contribution in [3.63, 3.8) is 0 Å². The highest BCUT2D eigenvalue weighted by atomic mass is 35.5. The lowest BCUT2D eigenvalue weighted by Gasteiger charge is -2.29. The molecule has 0 amide bonds. The number of nitrogens with zero attached hydrogens (tertiary/aromatic N) is 2. The quantitative estimate of drug-likeness (QED) is 0.390. The zero-order chi connectivity index (χ0) is 23.3. The van der Waals surface area contributed by atoms with Gasteiger partial charge in [0.05, 0.1) is 7.11 Å². The zero-order valence-corrected chi connectivity index (χ0v) is 21.2. The molecule has 0 aliphatic heterocycles. The van der Waals surface area contributed by atoms with Gasteiger partial charge in [-0.1, -0.05) is 31.5 Å². The summed E-state index contributed by atoms with van der Waals surface area (Å²) in [6.45, 7) is 9.46. The molecule has 0 radical (unpaired) electrons. The number of likely N-dealkylation sites (N-methyl/N-ethyl adjacent to an activating group) is 1. The second-order valence-corrected chi connectivity index (χ2v) is 8.30. The van der Waals surface area contributed by atoms with Crippen LogP contribution in [-0.4, -0.2) is 66.4 Å². The molecule has 0 saturated heterocycles. The summed E-state index contributed by atoms with van der Waals surface area (Å²) in [6, 6.07) is 15.2. The molecule has 2 rings (SSSR count). The molecule has 174 valence electrons. The van der Waals surface area contributed by atoms with E-state index in [0.29, 0.717) is 28.3 Å². The summed E-state index contributed by atoms with van der Waals surface area (Å²) in [5.41, 5.74) is 1.79. The maximum absolute atomic E-state index is 5.93. The molecule has 2 aromatic carbocycles. The Bertz CT molecular complexity index is 862. The fourth-order valence-corrected chi connectivity index (χ4v) is 3.68. The van der Waals surface area contributed by atoms with Gasteiger partial charge in [0.2, 0.25) is 0 Å². The number of anilines is 2. The highest BCUT2D eigenvalue weighted by molar-refractivity contribution is 7.80. The minimum Gasteiger partial charge on any atom is -0.497 e. The first-order valence-electron chi connectivity index (χ1n) is 10.7. The second kappa shape index (κ2) is 14.1. The van der Waals surface area contributed by atoms with E-state index in [-0.39, 0.29) is 0 Å². The van der Waals surface area contributed by atoms with E-state index < -0.39 is 0 Å². The summed E-state index contributed by atoms with van der Waals surface area (Å²) in [6.07, 6.45) is 0. The maximum atomic E-state index is 5.93. The molecule has 2 aromatic rings. The van der Waals surface area contributed by atoms with Crippen molar-refractivity contribution >= 4 is 57.6 Å². The van der Waals surface area contributed by atoms with Gasteiger partial charge in [-0.2, -0.15) is 0 Å². The number of hydrogen-bond donors (Lipinski definition) is 3. The Hall–Kier alpha value is -2.13. The van der Waals surface area contributed by atoms with Crippen LogP contribution in [0, 0.1) is 0 Å². The van der Waals surface area contributed by atoms with E-state index in [1.165, 1.54) is 0 Å². The van der Waals surface area contributed by atoms with Gasteiger partial charge >= 0.3 is 0 Å². The van der Waals surface area contributed by atoms with Gasteiger partial charge in [0.1, 0.15) is 5.75 Å². The fourth-order valence-electron chi connectivity index (χ4n) is 3.03. The summed E-state index contributed by atoms with van der Waals surface area (Å²) in [7, 11) is 1.65. The predicted molar refractivity (Wildman–Crippen MR) is 144 cm³/mol. The summed E-state index contributed by atoms with van der Waals surface area (Å²) < 4.78 is 5.31. The number of thiocarbonyl (C=S) groups is 2. The van der Waals surface area contributed by atoms with Crippen LogP contribution in [0.2, 0.25) is 5.02 Å². The first-order chi connectivity index (χ1) is 15.4. The fraction of sp³-hybridized carbons (Fsp3) is 0.391. The van der Waals surface area contributed by atoms with Crippen LogP contribution in [0.3, 0.4) is 0 Å². The van der Waals surface area contributed by atoms with Gasteiger partial charge in [0.15, 0.2) is 10.2 Å². The van der Waals surface area contributed by atoms with Gasteiger partial charge in [-0.05, 0) is 73.9 Å². The van der Waals surface area contributed by atoms with Crippen molar-refractivity contribution in [1.29, 1.82) is 0 Å². The zero-order valence-electron chi connectivity index (χ0n) is 18.9. The predicted octanol–water partition coefficient (Wildman–Crippen LogP) is 4.68. The number of methoxy groups -OCH3 is 1. The van der Waals surface area contributed by atoms with E-state index in [0.717, 1.165) is 43.3 Å². The molecular formula is C23H32ClN5OS2. The minimum atomic E-state index is 0.558. The highest BCUT2D eigenvalue weighted by Crippen LogP contribution is 2.17. The SMILES string of the molecule is CCN(CC)CCN(CCNC(=S)Nc1ccc(Cl)cc1)C(=S)Nc1cccc(OC)c1. The van der Waals surface area contributed by atoms with E-state index in [1.807, 2.05) is 48.5 Å². The third kappa shape index (κ3) is 9.16. The Labute approximate surface area is 207 Å². The molecule has 3 N–H and O–H groups in total. The van der Waals surface area contributed by atoms with E-state index in [1.54, 1.807) is 7.11 Å². The van der Waals surface area contributed by atoms with Crippen LogP contribution in [0.25, 0.3) is 0 Å². The molecule has 0 saturated carbocycles. The van der Waals surface area contributed by atoms with Gasteiger partial charge in [-0.3, -0.25) is 0 Å².